The maximum Gasteiger partial charge on any atom is 0.196 e. The summed E-state index contributed by atoms with van der Waals surface area (Å²) in [4.78, 5) is 31.8. The maximum absolute atomic E-state index is 14.0. The lowest BCUT2D eigenvalue weighted by atomic mass is 9.82. The Kier molecular flexibility index (Phi) is 5.24. The van der Waals surface area contributed by atoms with Gasteiger partial charge in [-0.1, -0.05) is 66.7 Å². The molecule has 0 bridgehead atoms. The Balaban J connectivity index is 1.43. The van der Waals surface area contributed by atoms with Gasteiger partial charge in [0.2, 0.25) is 0 Å². The minimum absolute atomic E-state index is 0.140. The van der Waals surface area contributed by atoms with Gasteiger partial charge in [0.05, 0.1) is 0 Å². The number of benzene rings is 3. The third kappa shape index (κ3) is 3.20. The van der Waals surface area contributed by atoms with E-state index in [9.17, 15) is 14.0 Å². The van der Waals surface area contributed by atoms with Gasteiger partial charge in [-0.2, -0.15) is 0 Å². The summed E-state index contributed by atoms with van der Waals surface area (Å²) < 4.78 is 14.0. The van der Waals surface area contributed by atoms with Crippen molar-refractivity contribution in [1.29, 1.82) is 0 Å². The Morgan fingerprint density at radius 1 is 0.812 bits per heavy atom. The summed E-state index contributed by atoms with van der Waals surface area (Å²) in [5, 5.41) is 0. The van der Waals surface area contributed by atoms with Crippen molar-refractivity contribution in [2.24, 2.45) is 0 Å². The van der Waals surface area contributed by atoms with Gasteiger partial charge in [0.15, 0.2) is 17.1 Å². The maximum atomic E-state index is 14.0. The standard InChI is InChI=1S/C27H25FN2O2/c1-19-11-12-20(17-24(19)28)18-29-13-15-30(16-14-29)27(21-7-3-2-4-8-21)25(31)22-9-5-6-10-23(22)26(27)32/h2-12,17H,13-16,18H2,1H3. The van der Waals surface area contributed by atoms with Crippen LogP contribution < -0.4 is 0 Å². The van der Waals surface area contributed by atoms with Crippen molar-refractivity contribution >= 4 is 11.6 Å². The first kappa shape index (κ1) is 20.7. The van der Waals surface area contributed by atoms with E-state index in [2.05, 4.69) is 4.90 Å². The minimum atomic E-state index is -1.31. The van der Waals surface area contributed by atoms with E-state index in [1.807, 2.05) is 53.4 Å². The van der Waals surface area contributed by atoms with E-state index in [0.29, 0.717) is 49.4 Å². The van der Waals surface area contributed by atoms with Gasteiger partial charge < -0.3 is 0 Å². The molecule has 32 heavy (non-hydrogen) atoms. The van der Waals surface area contributed by atoms with Crippen molar-refractivity contribution < 1.29 is 14.0 Å². The normalized spacial score (nSPS) is 18.7. The highest BCUT2D eigenvalue weighted by Crippen LogP contribution is 2.42. The van der Waals surface area contributed by atoms with Crippen molar-refractivity contribution in [3.05, 3.63) is 106 Å². The van der Waals surface area contributed by atoms with Crippen molar-refractivity contribution in [2.45, 2.75) is 19.0 Å². The van der Waals surface area contributed by atoms with Crippen molar-refractivity contribution in [3.8, 4) is 0 Å². The molecule has 3 aromatic rings. The zero-order valence-electron chi connectivity index (χ0n) is 18.1. The van der Waals surface area contributed by atoms with E-state index in [-0.39, 0.29) is 17.4 Å². The van der Waals surface area contributed by atoms with Crippen LogP contribution in [0.1, 0.15) is 37.4 Å². The molecular formula is C27H25FN2O2. The second kappa shape index (κ2) is 8.08. The van der Waals surface area contributed by atoms with Crippen LogP contribution in [-0.2, 0) is 12.1 Å². The second-order valence-corrected chi connectivity index (χ2v) is 8.63. The number of piperazine rings is 1. The number of hydrogen-bond acceptors (Lipinski definition) is 4. The number of ketones is 2. The lowest BCUT2D eigenvalue weighted by Crippen LogP contribution is -2.60. The van der Waals surface area contributed by atoms with E-state index in [1.54, 1.807) is 31.2 Å². The van der Waals surface area contributed by atoms with Crippen LogP contribution >= 0.6 is 0 Å². The average molecular weight is 429 g/mol. The number of aryl methyl sites for hydroxylation is 1. The molecule has 5 rings (SSSR count). The van der Waals surface area contributed by atoms with Crippen molar-refractivity contribution in [3.63, 3.8) is 0 Å². The highest BCUT2D eigenvalue weighted by atomic mass is 19.1. The van der Waals surface area contributed by atoms with Gasteiger partial charge in [0.1, 0.15) is 5.82 Å². The fraction of sp³-hybridized carbons (Fsp3) is 0.259. The lowest BCUT2D eigenvalue weighted by Gasteiger charge is -2.44. The number of nitrogens with zero attached hydrogens (tertiary/aromatic N) is 2. The molecule has 0 atom stereocenters. The Hall–Kier alpha value is -3.15. The Morgan fingerprint density at radius 3 is 2.00 bits per heavy atom. The number of rotatable bonds is 4. The molecule has 4 nitrogen and oxygen atoms in total. The second-order valence-electron chi connectivity index (χ2n) is 8.63. The highest BCUT2D eigenvalue weighted by molar-refractivity contribution is 6.32. The number of Topliss-reactive ketones (excluding diaryl/α,β-unsaturated/α-hetero) is 2. The highest BCUT2D eigenvalue weighted by Gasteiger charge is 2.58. The van der Waals surface area contributed by atoms with E-state index >= 15 is 0 Å². The van der Waals surface area contributed by atoms with Crippen LogP contribution in [0.15, 0.2) is 72.8 Å². The molecule has 1 fully saturated rings. The smallest absolute Gasteiger partial charge is 0.196 e. The van der Waals surface area contributed by atoms with Crippen LogP contribution in [0, 0.1) is 12.7 Å². The number of fused-ring (bicyclic) bond motifs is 1. The monoisotopic (exact) mass is 428 g/mol. The molecule has 1 saturated heterocycles. The topological polar surface area (TPSA) is 40.6 Å². The number of carbonyl (C=O) groups excluding carboxylic acids is 2. The quantitative estimate of drug-likeness (QED) is 0.584. The van der Waals surface area contributed by atoms with Crippen LogP contribution in [0.5, 0.6) is 0 Å². The molecule has 0 radical (unpaired) electrons. The van der Waals surface area contributed by atoms with Crippen molar-refractivity contribution in [2.75, 3.05) is 26.2 Å². The lowest BCUT2D eigenvalue weighted by molar-refractivity contribution is 0.0279. The van der Waals surface area contributed by atoms with Crippen LogP contribution in [0.25, 0.3) is 0 Å². The molecule has 2 aliphatic rings. The molecule has 0 N–H and O–H groups in total. The van der Waals surface area contributed by atoms with E-state index < -0.39 is 5.54 Å². The first-order valence-corrected chi connectivity index (χ1v) is 11.0. The zero-order valence-corrected chi connectivity index (χ0v) is 18.1. The molecular weight excluding hydrogens is 403 g/mol. The predicted molar refractivity (Wildman–Crippen MR) is 121 cm³/mol. The molecule has 5 heteroatoms. The SMILES string of the molecule is Cc1ccc(CN2CCN(C3(c4ccccc4)C(=O)c4ccccc4C3=O)CC2)cc1F. The minimum Gasteiger partial charge on any atom is -0.297 e. The third-order valence-corrected chi connectivity index (χ3v) is 6.75. The van der Waals surface area contributed by atoms with Crippen LogP contribution in [0.3, 0.4) is 0 Å². The molecule has 0 unspecified atom stereocenters. The number of hydrogen-bond donors (Lipinski definition) is 0. The molecule has 1 aliphatic heterocycles. The van der Waals surface area contributed by atoms with Gasteiger partial charge in [-0.25, -0.2) is 4.39 Å². The molecule has 1 heterocycles. The first-order chi connectivity index (χ1) is 15.5. The average Bonchev–Trinajstić information content (AvgIpc) is 3.05. The third-order valence-electron chi connectivity index (χ3n) is 6.75. The Labute approximate surface area is 187 Å². The molecule has 0 amide bonds. The van der Waals surface area contributed by atoms with Crippen LogP contribution in [0.4, 0.5) is 4.39 Å². The fourth-order valence-electron chi connectivity index (χ4n) is 5.02. The molecule has 0 saturated carbocycles. The van der Waals surface area contributed by atoms with Gasteiger partial charge in [0.25, 0.3) is 0 Å². The van der Waals surface area contributed by atoms with Gasteiger partial charge in [0, 0.05) is 43.9 Å². The number of halogens is 1. The van der Waals surface area contributed by atoms with E-state index in [4.69, 9.17) is 0 Å². The Bertz CT molecular complexity index is 1150. The summed E-state index contributed by atoms with van der Waals surface area (Å²) in [5.41, 5.74) is 1.98. The Morgan fingerprint density at radius 2 is 1.41 bits per heavy atom. The molecule has 1 aliphatic carbocycles. The van der Waals surface area contributed by atoms with Gasteiger partial charge in [-0.15, -0.1) is 0 Å². The van der Waals surface area contributed by atoms with Gasteiger partial charge in [-0.05, 0) is 29.7 Å². The molecule has 3 aromatic carbocycles. The van der Waals surface area contributed by atoms with Crippen molar-refractivity contribution in [1.82, 2.24) is 9.80 Å². The summed E-state index contributed by atoms with van der Waals surface area (Å²) in [6, 6.07) is 21.9. The zero-order chi connectivity index (χ0) is 22.3. The van der Waals surface area contributed by atoms with Gasteiger partial charge >= 0.3 is 0 Å². The predicted octanol–water partition coefficient (Wildman–Crippen LogP) is 4.23. The van der Waals surface area contributed by atoms with Crippen LogP contribution in [0.2, 0.25) is 0 Å². The summed E-state index contributed by atoms with van der Waals surface area (Å²) in [5.74, 6) is -0.471. The van der Waals surface area contributed by atoms with Gasteiger partial charge in [-0.3, -0.25) is 19.4 Å². The molecule has 0 spiro atoms. The van der Waals surface area contributed by atoms with E-state index in [0.717, 1.165) is 11.1 Å². The summed E-state index contributed by atoms with van der Waals surface area (Å²) >= 11 is 0. The number of carbonyl (C=O) groups is 2. The fourth-order valence-corrected chi connectivity index (χ4v) is 5.02. The largest absolute Gasteiger partial charge is 0.297 e. The summed E-state index contributed by atoms with van der Waals surface area (Å²) in [7, 11) is 0. The van der Waals surface area contributed by atoms with Crippen LogP contribution in [-0.4, -0.2) is 47.5 Å². The first-order valence-electron chi connectivity index (χ1n) is 11.0. The summed E-state index contributed by atoms with van der Waals surface area (Å²) in [6.07, 6.45) is 0. The molecule has 0 aromatic heterocycles. The molecule has 162 valence electrons. The summed E-state index contributed by atoms with van der Waals surface area (Å²) in [6.45, 7) is 4.95. The van der Waals surface area contributed by atoms with E-state index in [1.165, 1.54) is 0 Å².